The van der Waals surface area contributed by atoms with E-state index in [-0.39, 0.29) is 5.41 Å². The Hall–Kier alpha value is -2.07. The van der Waals surface area contributed by atoms with E-state index in [2.05, 4.69) is 36.0 Å². The molecule has 23 heavy (non-hydrogen) atoms. The third-order valence-corrected chi connectivity index (χ3v) is 4.26. The number of benzene rings is 1. The largest absolute Gasteiger partial charge is 0.487 e. The van der Waals surface area contributed by atoms with Gasteiger partial charge in [0.25, 0.3) is 0 Å². The lowest BCUT2D eigenvalue weighted by Crippen LogP contribution is -2.14. The molecular formula is C18H20ClN3O. The fourth-order valence-electron chi connectivity index (χ4n) is 2.52. The molecule has 0 amide bonds. The summed E-state index contributed by atoms with van der Waals surface area (Å²) < 4.78 is 6.08. The summed E-state index contributed by atoms with van der Waals surface area (Å²) in [4.78, 5) is 4.25. The van der Waals surface area contributed by atoms with Gasteiger partial charge in [0.1, 0.15) is 18.1 Å². The number of hydrogen-bond acceptors (Lipinski definition) is 3. The predicted octanol–water partition coefficient (Wildman–Crippen LogP) is 4.80. The number of rotatable bonds is 3. The number of ether oxygens (including phenoxy) is 1. The van der Waals surface area contributed by atoms with E-state index in [4.69, 9.17) is 16.3 Å². The van der Waals surface area contributed by atoms with Crippen molar-refractivity contribution < 1.29 is 4.74 Å². The van der Waals surface area contributed by atoms with E-state index in [1.807, 2.05) is 31.2 Å². The normalized spacial score (nSPS) is 11.9. The second kappa shape index (κ2) is 5.85. The van der Waals surface area contributed by atoms with E-state index in [0.29, 0.717) is 6.61 Å². The van der Waals surface area contributed by atoms with Crippen LogP contribution in [0.5, 0.6) is 5.75 Å². The summed E-state index contributed by atoms with van der Waals surface area (Å²) >= 11 is 6.29. The number of fused-ring (bicyclic) bond motifs is 1. The SMILES string of the molecule is Cc1cc(OCc2n[nH]c3ncccc23)c(C(C)(C)C)cc1Cl. The van der Waals surface area contributed by atoms with Gasteiger partial charge in [-0.05, 0) is 42.2 Å². The second-order valence-electron chi connectivity index (χ2n) is 6.71. The van der Waals surface area contributed by atoms with Crippen LogP contribution in [0.4, 0.5) is 0 Å². The van der Waals surface area contributed by atoms with E-state index in [1.165, 1.54) is 0 Å². The maximum atomic E-state index is 6.29. The maximum Gasteiger partial charge on any atom is 0.155 e. The van der Waals surface area contributed by atoms with E-state index < -0.39 is 0 Å². The zero-order chi connectivity index (χ0) is 16.6. The van der Waals surface area contributed by atoms with Gasteiger partial charge >= 0.3 is 0 Å². The van der Waals surface area contributed by atoms with Crippen molar-refractivity contribution in [3.63, 3.8) is 0 Å². The molecule has 0 saturated heterocycles. The standard InChI is InChI=1S/C18H20ClN3O/c1-11-8-16(13(9-14(11)19)18(2,3)4)23-10-15-12-6-5-7-20-17(12)22-21-15/h5-9H,10H2,1-4H3,(H,20,21,22). The Balaban J connectivity index is 1.92. The number of pyridine rings is 1. The number of H-pyrrole nitrogens is 1. The Morgan fingerprint density at radius 1 is 1.26 bits per heavy atom. The zero-order valence-corrected chi connectivity index (χ0v) is 14.5. The van der Waals surface area contributed by atoms with Crippen molar-refractivity contribution in [1.29, 1.82) is 0 Å². The minimum Gasteiger partial charge on any atom is -0.487 e. The van der Waals surface area contributed by atoms with Crippen LogP contribution in [0.25, 0.3) is 11.0 Å². The van der Waals surface area contributed by atoms with E-state index in [1.54, 1.807) is 6.20 Å². The first kappa shape index (κ1) is 15.8. The topological polar surface area (TPSA) is 50.8 Å². The van der Waals surface area contributed by atoms with Crippen LogP contribution in [-0.4, -0.2) is 15.2 Å². The Morgan fingerprint density at radius 3 is 2.78 bits per heavy atom. The first-order valence-electron chi connectivity index (χ1n) is 7.57. The highest BCUT2D eigenvalue weighted by molar-refractivity contribution is 6.31. The molecule has 2 aromatic heterocycles. The Morgan fingerprint density at radius 2 is 2.04 bits per heavy atom. The molecule has 1 aromatic carbocycles. The molecule has 3 aromatic rings. The third kappa shape index (κ3) is 3.17. The van der Waals surface area contributed by atoms with Crippen LogP contribution in [0.3, 0.4) is 0 Å². The summed E-state index contributed by atoms with van der Waals surface area (Å²) in [5.74, 6) is 0.847. The van der Waals surface area contributed by atoms with Crippen LogP contribution in [0.1, 0.15) is 37.6 Å². The van der Waals surface area contributed by atoms with Gasteiger partial charge < -0.3 is 4.74 Å². The van der Waals surface area contributed by atoms with Crippen LogP contribution >= 0.6 is 11.6 Å². The molecule has 0 unspecified atom stereocenters. The third-order valence-electron chi connectivity index (χ3n) is 3.85. The summed E-state index contributed by atoms with van der Waals surface area (Å²) in [6, 6.07) is 7.88. The maximum absolute atomic E-state index is 6.29. The average Bonchev–Trinajstić information content (AvgIpc) is 2.90. The van der Waals surface area contributed by atoms with Gasteiger partial charge in [0.05, 0.1) is 0 Å². The Bertz CT molecular complexity index is 849. The van der Waals surface area contributed by atoms with Gasteiger partial charge in [-0.15, -0.1) is 0 Å². The first-order valence-corrected chi connectivity index (χ1v) is 7.95. The van der Waals surface area contributed by atoms with Crippen molar-refractivity contribution >= 4 is 22.6 Å². The van der Waals surface area contributed by atoms with Gasteiger partial charge in [-0.2, -0.15) is 5.10 Å². The molecule has 2 heterocycles. The van der Waals surface area contributed by atoms with Crippen LogP contribution in [-0.2, 0) is 12.0 Å². The van der Waals surface area contributed by atoms with Crippen molar-refractivity contribution in [2.24, 2.45) is 0 Å². The van der Waals surface area contributed by atoms with E-state index >= 15 is 0 Å². The summed E-state index contributed by atoms with van der Waals surface area (Å²) in [7, 11) is 0. The predicted molar refractivity (Wildman–Crippen MR) is 93.1 cm³/mol. The molecule has 0 aliphatic rings. The molecule has 0 fully saturated rings. The molecule has 0 bridgehead atoms. The number of aryl methyl sites for hydroxylation is 1. The summed E-state index contributed by atoms with van der Waals surface area (Å²) in [6.07, 6.45) is 1.74. The smallest absolute Gasteiger partial charge is 0.155 e. The number of halogens is 1. The molecule has 0 saturated carbocycles. The molecule has 1 N–H and O–H groups in total. The van der Waals surface area contributed by atoms with Crippen LogP contribution in [0.2, 0.25) is 5.02 Å². The Kier molecular flexibility index (Phi) is 4.02. The molecule has 4 nitrogen and oxygen atoms in total. The van der Waals surface area contributed by atoms with Crippen LogP contribution < -0.4 is 4.74 Å². The fourth-order valence-corrected chi connectivity index (χ4v) is 2.69. The molecule has 120 valence electrons. The van der Waals surface area contributed by atoms with Gasteiger partial charge in [-0.3, -0.25) is 5.10 Å². The van der Waals surface area contributed by atoms with Crippen molar-refractivity contribution in [2.45, 2.75) is 39.7 Å². The van der Waals surface area contributed by atoms with Crippen molar-refractivity contribution in [2.75, 3.05) is 0 Å². The van der Waals surface area contributed by atoms with Gasteiger partial charge in [-0.1, -0.05) is 32.4 Å². The molecule has 0 aliphatic carbocycles. The molecule has 0 aliphatic heterocycles. The quantitative estimate of drug-likeness (QED) is 0.751. The van der Waals surface area contributed by atoms with Crippen LogP contribution in [0.15, 0.2) is 30.5 Å². The molecule has 0 radical (unpaired) electrons. The Labute approximate surface area is 140 Å². The lowest BCUT2D eigenvalue weighted by molar-refractivity contribution is 0.294. The summed E-state index contributed by atoms with van der Waals surface area (Å²) in [5.41, 5.74) is 3.66. The molecular weight excluding hydrogens is 310 g/mol. The molecule has 5 heteroatoms. The van der Waals surface area contributed by atoms with Crippen LogP contribution in [0, 0.1) is 6.92 Å². The zero-order valence-electron chi connectivity index (χ0n) is 13.8. The van der Waals surface area contributed by atoms with Crippen molar-refractivity contribution in [3.8, 4) is 5.75 Å². The van der Waals surface area contributed by atoms with Crippen molar-refractivity contribution in [3.05, 3.63) is 52.3 Å². The summed E-state index contributed by atoms with van der Waals surface area (Å²) in [5, 5.41) is 8.97. The van der Waals surface area contributed by atoms with E-state index in [9.17, 15) is 0 Å². The van der Waals surface area contributed by atoms with Gasteiger partial charge in [0.15, 0.2) is 5.65 Å². The monoisotopic (exact) mass is 329 g/mol. The minimum atomic E-state index is -0.0537. The van der Waals surface area contributed by atoms with Gasteiger partial charge in [0.2, 0.25) is 0 Å². The number of aromatic nitrogens is 3. The van der Waals surface area contributed by atoms with Gasteiger partial charge in [0, 0.05) is 22.2 Å². The highest BCUT2D eigenvalue weighted by Crippen LogP contribution is 2.36. The number of aromatic amines is 1. The number of nitrogens with zero attached hydrogens (tertiary/aromatic N) is 2. The molecule has 0 spiro atoms. The minimum absolute atomic E-state index is 0.0537. The van der Waals surface area contributed by atoms with Gasteiger partial charge in [-0.25, -0.2) is 4.98 Å². The highest BCUT2D eigenvalue weighted by Gasteiger charge is 2.21. The number of nitrogens with one attached hydrogen (secondary N) is 1. The number of hydrogen-bond donors (Lipinski definition) is 1. The lowest BCUT2D eigenvalue weighted by Gasteiger charge is -2.23. The van der Waals surface area contributed by atoms with E-state index in [0.717, 1.165) is 38.6 Å². The summed E-state index contributed by atoms with van der Waals surface area (Å²) in [6.45, 7) is 8.81. The highest BCUT2D eigenvalue weighted by atomic mass is 35.5. The second-order valence-corrected chi connectivity index (χ2v) is 7.11. The lowest BCUT2D eigenvalue weighted by atomic mass is 9.86. The molecule has 0 atom stereocenters. The molecule has 3 rings (SSSR count). The van der Waals surface area contributed by atoms with Crippen molar-refractivity contribution in [1.82, 2.24) is 15.2 Å². The fraction of sp³-hybridized carbons (Fsp3) is 0.333. The average molecular weight is 330 g/mol. The first-order chi connectivity index (χ1) is 10.9.